The van der Waals surface area contributed by atoms with Gasteiger partial charge in [0, 0.05) is 13.0 Å². The van der Waals surface area contributed by atoms with Crippen molar-refractivity contribution in [1.82, 2.24) is 31.5 Å². The number of hydrogen-bond donors (Lipinski definition) is 9. The highest BCUT2D eigenvalue weighted by Gasteiger charge is 2.39. The summed E-state index contributed by atoms with van der Waals surface area (Å²) in [6, 6.07) is 0.164. The quantitative estimate of drug-likeness (QED) is 0.0663. The second kappa shape index (κ2) is 21.6. The Kier molecular flexibility index (Phi) is 18.0. The number of nitrogens with one attached hydrogen (secondary N) is 5. The minimum absolute atomic E-state index is 0.0506. The molecule has 1 fully saturated rings. The fourth-order valence-corrected chi connectivity index (χ4v) is 5.94. The molecule has 0 bridgehead atoms. The zero-order valence-electron chi connectivity index (χ0n) is 31.5. The fraction of sp³-hybridized carbons (Fsp3) is 0.611. The van der Waals surface area contributed by atoms with E-state index in [1.807, 2.05) is 27.7 Å². The molecule has 7 atom stereocenters. The van der Waals surface area contributed by atoms with E-state index in [0.29, 0.717) is 12.0 Å². The molecule has 0 unspecified atom stereocenters. The van der Waals surface area contributed by atoms with Crippen LogP contribution >= 0.6 is 0 Å². The van der Waals surface area contributed by atoms with Crippen LogP contribution < -0.4 is 38.1 Å². The van der Waals surface area contributed by atoms with E-state index >= 15 is 0 Å². The van der Waals surface area contributed by atoms with Crippen LogP contribution in [0, 0.1) is 11.8 Å². The molecule has 11 N–H and O–H groups in total. The van der Waals surface area contributed by atoms with Crippen LogP contribution in [-0.4, -0.2) is 118 Å². The molecule has 7 amide bonds. The maximum atomic E-state index is 13.8. The monoisotopic (exact) mass is 760 g/mol. The molecular weight excluding hydrogens is 704 g/mol. The molecule has 0 aromatic heterocycles. The van der Waals surface area contributed by atoms with Gasteiger partial charge in [0.2, 0.25) is 41.4 Å². The number of hydrogen-bond acceptors (Lipinski definition) is 10. The van der Waals surface area contributed by atoms with Crippen LogP contribution in [0.1, 0.15) is 72.3 Å². The van der Waals surface area contributed by atoms with Crippen molar-refractivity contribution < 1.29 is 48.6 Å². The highest BCUT2D eigenvalue weighted by atomic mass is 16.4. The molecule has 1 aliphatic heterocycles. The van der Waals surface area contributed by atoms with Gasteiger partial charge in [-0.2, -0.15) is 0 Å². The summed E-state index contributed by atoms with van der Waals surface area (Å²) in [6.45, 7) is 8.07. The minimum Gasteiger partial charge on any atom is -0.480 e. The first-order chi connectivity index (χ1) is 25.3. The van der Waals surface area contributed by atoms with E-state index in [-0.39, 0.29) is 44.1 Å². The van der Waals surface area contributed by atoms with Gasteiger partial charge >= 0.3 is 5.97 Å². The van der Waals surface area contributed by atoms with E-state index in [1.165, 1.54) is 6.92 Å². The van der Waals surface area contributed by atoms with Gasteiger partial charge in [0.25, 0.3) is 0 Å². The molecule has 54 heavy (non-hydrogen) atoms. The molecule has 18 nitrogen and oxygen atoms in total. The van der Waals surface area contributed by atoms with Crippen LogP contribution in [0.25, 0.3) is 0 Å². The van der Waals surface area contributed by atoms with E-state index in [9.17, 15) is 48.6 Å². The van der Waals surface area contributed by atoms with E-state index in [2.05, 4.69) is 26.6 Å². The molecule has 1 saturated heterocycles. The Hall–Kier alpha value is -5.10. The summed E-state index contributed by atoms with van der Waals surface area (Å²) >= 11 is 0. The zero-order valence-corrected chi connectivity index (χ0v) is 31.5. The molecule has 1 aromatic carbocycles. The number of carboxylic acid groups (broad SMARTS) is 1. The number of nitrogens with zero attached hydrogens (tertiary/aromatic N) is 1. The molecule has 300 valence electrons. The van der Waals surface area contributed by atoms with Crippen LogP contribution in [0.2, 0.25) is 0 Å². The van der Waals surface area contributed by atoms with Gasteiger partial charge in [-0.05, 0) is 50.0 Å². The number of primary amides is 1. The highest BCUT2D eigenvalue weighted by molar-refractivity contribution is 5.98. The van der Waals surface area contributed by atoms with Crippen molar-refractivity contribution in [1.29, 1.82) is 0 Å². The number of aliphatic hydroxyl groups excluding tert-OH is 1. The van der Waals surface area contributed by atoms with E-state index < -0.39 is 103 Å². The molecule has 0 saturated carbocycles. The molecular formula is C36H56N8O10. The third kappa shape index (κ3) is 14.4. The van der Waals surface area contributed by atoms with Crippen LogP contribution in [0.3, 0.4) is 0 Å². The number of carbonyl (C=O) groups is 8. The summed E-state index contributed by atoms with van der Waals surface area (Å²) in [5.74, 6) is -6.92. The van der Waals surface area contributed by atoms with Crippen molar-refractivity contribution in [3.8, 4) is 0 Å². The lowest BCUT2D eigenvalue weighted by atomic mass is 9.99. The van der Waals surface area contributed by atoms with Crippen molar-refractivity contribution >= 4 is 47.3 Å². The summed E-state index contributed by atoms with van der Waals surface area (Å²) < 4.78 is 0. The van der Waals surface area contributed by atoms with E-state index in [1.54, 1.807) is 30.3 Å². The zero-order chi connectivity index (χ0) is 40.7. The fourth-order valence-electron chi connectivity index (χ4n) is 5.94. The Balaban J connectivity index is 2.22. The predicted octanol–water partition coefficient (Wildman–Crippen LogP) is -1.96. The smallest absolute Gasteiger partial charge is 0.326 e. The lowest BCUT2D eigenvalue weighted by Crippen LogP contribution is -2.60. The topological polar surface area (TPSA) is 292 Å². The maximum Gasteiger partial charge on any atom is 0.326 e. The molecule has 1 aliphatic rings. The molecule has 1 aromatic rings. The lowest BCUT2D eigenvalue weighted by Gasteiger charge is -2.29. The normalized spacial score (nSPS) is 17.4. The van der Waals surface area contributed by atoms with E-state index in [0.717, 1.165) is 4.90 Å². The van der Waals surface area contributed by atoms with E-state index in [4.69, 9.17) is 11.5 Å². The second-order valence-electron chi connectivity index (χ2n) is 14.4. The number of amides is 7. The van der Waals surface area contributed by atoms with Crippen LogP contribution in [0.15, 0.2) is 30.3 Å². The van der Waals surface area contributed by atoms with Gasteiger partial charge in [-0.25, -0.2) is 4.79 Å². The first kappa shape index (κ1) is 45.1. The average Bonchev–Trinajstić information content (AvgIpc) is 3.60. The summed E-state index contributed by atoms with van der Waals surface area (Å²) in [5, 5.41) is 31.7. The Morgan fingerprint density at radius 2 is 1.24 bits per heavy atom. The lowest BCUT2D eigenvalue weighted by molar-refractivity contribution is -0.149. The first-order valence-electron chi connectivity index (χ1n) is 18.1. The molecule has 0 aliphatic carbocycles. The van der Waals surface area contributed by atoms with Crippen LogP contribution in [0.4, 0.5) is 0 Å². The van der Waals surface area contributed by atoms with Crippen molar-refractivity contribution in [2.45, 2.75) is 115 Å². The average molecular weight is 761 g/mol. The number of aliphatic hydroxyl groups is 1. The van der Waals surface area contributed by atoms with Crippen molar-refractivity contribution in [3.63, 3.8) is 0 Å². The Bertz CT molecular complexity index is 1490. The van der Waals surface area contributed by atoms with Crippen LogP contribution in [0.5, 0.6) is 0 Å². The number of aliphatic carboxylic acids is 1. The third-order valence-electron chi connectivity index (χ3n) is 8.72. The molecule has 1 heterocycles. The highest BCUT2D eigenvalue weighted by Crippen LogP contribution is 2.19. The molecule has 18 heteroatoms. The summed E-state index contributed by atoms with van der Waals surface area (Å²) in [6.07, 6.45) is 0.362. The number of carbonyl (C=O) groups excluding carboxylic acids is 7. The van der Waals surface area contributed by atoms with Gasteiger partial charge < -0.3 is 53.2 Å². The van der Waals surface area contributed by atoms with Gasteiger partial charge in [-0.15, -0.1) is 0 Å². The number of likely N-dealkylation sites (tertiary alicyclic amines) is 1. The van der Waals surface area contributed by atoms with Gasteiger partial charge in [0.1, 0.15) is 42.3 Å². The van der Waals surface area contributed by atoms with Crippen LogP contribution in [-0.2, 0) is 44.8 Å². The predicted molar refractivity (Wildman–Crippen MR) is 196 cm³/mol. The number of nitrogens with two attached hydrogens (primary N) is 2. The minimum atomic E-state index is -1.48. The van der Waals surface area contributed by atoms with Gasteiger partial charge in [0.15, 0.2) is 0 Å². The molecule has 0 radical (unpaired) electrons. The SMILES string of the molecule is CC(C)C[C@H](NC(=O)[C@H](CC(C)C)NC(=O)[C@H](Cc1ccccc1)NC(=O)[C@@H](N)CO)C(=O)N[C@@H](C)C(=O)N[C@@H](CC(N)=O)C(=O)N1CCC[C@H]1C(=O)O. The van der Waals surface area contributed by atoms with Gasteiger partial charge in [-0.1, -0.05) is 58.0 Å². The third-order valence-corrected chi connectivity index (χ3v) is 8.72. The van der Waals surface area contributed by atoms with Crippen molar-refractivity contribution in [3.05, 3.63) is 35.9 Å². The van der Waals surface area contributed by atoms with Gasteiger partial charge in [0.05, 0.1) is 13.0 Å². The van der Waals surface area contributed by atoms with Crippen molar-refractivity contribution in [2.24, 2.45) is 23.3 Å². The van der Waals surface area contributed by atoms with Crippen molar-refractivity contribution in [2.75, 3.05) is 13.2 Å². The molecule has 2 rings (SSSR count). The van der Waals surface area contributed by atoms with Gasteiger partial charge in [-0.3, -0.25) is 33.6 Å². The largest absolute Gasteiger partial charge is 0.480 e. The Morgan fingerprint density at radius 1 is 0.741 bits per heavy atom. The standard InChI is InChI=1S/C36H56N8O10/c1-19(2)14-24(32(49)39-21(5)30(47)43-27(17-29(38)46)35(52)44-13-9-12-28(44)36(53)54)41-33(50)25(15-20(3)4)42-34(51)26(40-31(48)23(37)18-45)16-22-10-7-6-8-11-22/h6-8,10-11,19-21,23-28,45H,9,12-18,37H2,1-5H3,(H2,38,46)(H,39,49)(H,40,48)(H,41,50)(H,42,51)(H,43,47)(H,53,54)/t21-,23-,24-,25-,26-,27-,28-/m0/s1. The maximum absolute atomic E-state index is 13.8. The first-order valence-corrected chi connectivity index (χ1v) is 18.1. The second-order valence-corrected chi connectivity index (χ2v) is 14.4. The summed E-state index contributed by atoms with van der Waals surface area (Å²) in [7, 11) is 0. The summed E-state index contributed by atoms with van der Waals surface area (Å²) in [5.41, 5.74) is 11.7. The summed E-state index contributed by atoms with van der Waals surface area (Å²) in [4.78, 5) is 104. The number of rotatable bonds is 21. The number of benzene rings is 1. The molecule has 0 spiro atoms. The Morgan fingerprint density at radius 3 is 1.74 bits per heavy atom. The number of carboxylic acids is 1. The Labute approximate surface area is 314 Å².